The van der Waals surface area contributed by atoms with Crippen LogP contribution >= 0.6 is 11.3 Å². The standard InChI is InChI=1S/C33H37NO3S/c1-3-4-8-24-9-11-26(12-10-24)33-31(29-18-17-28(36-2)23-30(29)38-33)32(35)25-13-15-27(16-14-25)37-22-21-34-19-6-5-7-20-34/h9-18,23H,3-8,19-22H2,1-2H3. The Labute approximate surface area is 230 Å². The second kappa shape index (κ2) is 12.6. The number of carbonyl (C=O) groups is 1. The van der Waals surface area contributed by atoms with E-state index >= 15 is 0 Å². The molecule has 4 aromatic rings. The predicted molar refractivity (Wildman–Crippen MR) is 158 cm³/mol. The van der Waals surface area contributed by atoms with E-state index in [1.807, 2.05) is 42.5 Å². The van der Waals surface area contributed by atoms with Gasteiger partial charge >= 0.3 is 0 Å². The summed E-state index contributed by atoms with van der Waals surface area (Å²) in [6.07, 6.45) is 7.35. The summed E-state index contributed by atoms with van der Waals surface area (Å²) in [6, 6.07) is 22.3. The molecule has 0 spiro atoms. The van der Waals surface area contributed by atoms with Gasteiger partial charge in [0.25, 0.3) is 0 Å². The SMILES string of the molecule is CCCCc1ccc(-c2sc3cc(OC)ccc3c2C(=O)c2ccc(OCCN3CCCCC3)cc2)cc1. The number of methoxy groups -OCH3 is 1. The molecule has 0 saturated carbocycles. The predicted octanol–water partition coefficient (Wildman–Crippen LogP) is 8.02. The molecular formula is C33H37NO3S. The molecule has 2 heterocycles. The lowest BCUT2D eigenvalue weighted by Crippen LogP contribution is -2.33. The van der Waals surface area contributed by atoms with Crippen molar-refractivity contribution >= 4 is 27.2 Å². The van der Waals surface area contributed by atoms with Crippen molar-refractivity contribution in [1.29, 1.82) is 0 Å². The van der Waals surface area contributed by atoms with Gasteiger partial charge in [-0.15, -0.1) is 11.3 Å². The first-order chi connectivity index (χ1) is 18.7. The molecule has 5 heteroatoms. The normalized spacial score (nSPS) is 14.1. The Morgan fingerprint density at radius 3 is 2.37 bits per heavy atom. The third kappa shape index (κ3) is 6.11. The Hall–Kier alpha value is -3.15. The molecule has 3 aromatic carbocycles. The quantitative estimate of drug-likeness (QED) is 0.185. The molecule has 1 fully saturated rings. The molecule has 0 amide bonds. The van der Waals surface area contributed by atoms with E-state index in [0.717, 1.165) is 50.6 Å². The fourth-order valence-electron chi connectivity index (χ4n) is 5.16. The van der Waals surface area contributed by atoms with Crippen LogP contribution in [0, 0.1) is 0 Å². The van der Waals surface area contributed by atoms with Gasteiger partial charge in [-0.1, -0.05) is 44.0 Å². The number of hydrogen-bond donors (Lipinski definition) is 0. The average molecular weight is 528 g/mol. The van der Waals surface area contributed by atoms with Crippen LogP contribution in [0.15, 0.2) is 66.7 Å². The topological polar surface area (TPSA) is 38.8 Å². The van der Waals surface area contributed by atoms with Crippen LogP contribution in [0.1, 0.15) is 60.5 Å². The zero-order valence-corrected chi connectivity index (χ0v) is 23.3. The van der Waals surface area contributed by atoms with Crippen molar-refractivity contribution in [2.75, 3.05) is 33.4 Å². The zero-order valence-electron chi connectivity index (χ0n) is 22.5. The van der Waals surface area contributed by atoms with Crippen molar-refractivity contribution in [3.05, 3.63) is 83.4 Å². The van der Waals surface area contributed by atoms with Crippen LogP contribution in [-0.2, 0) is 6.42 Å². The minimum atomic E-state index is 0.0337. The van der Waals surface area contributed by atoms with Crippen molar-refractivity contribution in [3.63, 3.8) is 0 Å². The summed E-state index contributed by atoms with van der Waals surface area (Å²) in [6.45, 7) is 6.17. The van der Waals surface area contributed by atoms with E-state index in [2.05, 4.69) is 36.1 Å². The van der Waals surface area contributed by atoms with Crippen LogP contribution < -0.4 is 9.47 Å². The van der Waals surface area contributed by atoms with E-state index < -0.39 is 0 Å². The molecule has 5 rings (SSSR count). The zero-order chi connectivity index (χ0) is 26.3. The van der Waals surface area contributed by atoms with Crippen molar-refractivity contribution in [2.24, 2.45) is 0 Å². The highest BCUT2D eigenvalue weighted by atomic mass is 32.1. The fraction of sp³-hybridized carbons (Fsp3) is 0.364. The van der Waals surface area contributed by atoms with E-state index in [4.69, 9.17) is 9.47 Å². The maximum Gasteiger partial charge on any atom is 0.195 e. The van der Waals surface area contributed by atoms with E-state index in [0.29, 0.717) is 12.2 Å². The fourth-order valence-corrected chi connectivity index (χ4v) is 6.39. The van der Waals surface area contributed by atoms with Gasteiger partial charge in [0.2, 0.25) is 0 Å². The first kappa shape index (κ1) is 26.5. The van der Waals surface area contributed by atoms with Crippen molar-refractivity contribution < 1.29 is 14.3 Å². The van der Waals surface area contributed by atoms with E-state index in [1.54, 1.807) is 18.4 Å². The number of nitrogens with zero attached hydrogens (tertiary/aromatic N) is 1. The van der Waals surface area contributed by atoms with Crippen molar-refractivity contribution in [2.45, 2.75) is 45.4 Å². The Balaban J connectivity index is 1.39. The smallest absolute Gasteiger partial charge is 0.195 e. The van der Waals surface area contributed by atoms with Gasteiger partial charge in [-0.25, -0.2) is 0 Å². The van der Waals surface area contributed by atoms with Crippen LogP contribution in [0.2, 0.25) is 0 Å². The number of aryl methyl sites for hydroxylation is 1. The molecule has 0 atom stereocenters. The summed E-state index contributed by atoms with van der Waals surface area (Å²) in [5.41, 5.74) is 3.84. The number of unbranched alkanes of at least 4 members (excludes halogenated alkanes) is 1. The van der Waals surface area contributed by atoms with Gasteiger partial charge < -0.3 is 9.47 Å². The molecule has 0 unspecified atom stereocenters. The van der Waals surface area contributed by atoms with E-state index in [1.165, 1.54) is 50.8 Å². The Bertz CT molecular complexity index is 1350. The summed E-state index contributed by atoms with van der Waals surface area (Å²) in [4.78, 5) is 17.4. The number of hydrogen-bond acceptors (Lipinski definition) is 5. The molecule has 1 aromatic heterocycles. The van der Waals surface area contributed by atoms with Gasteiger partial charge in [0.15, 0.2) is 5.78 Å². The highest BCUT2D eigenvalue weighted by molar-refractivity contribution is 7.22. The second-order valence-corrected chi connectivity index (χ2v) is 11.1. The average Bonchev–Trinajstić information content (AvgIpc) is 3.35. The Morgan fingerprint density at radius 2 is 1.66 bits per heavy atom. The maximum absolute atomic E-state index is 13.9. The van der Waals surface area contributed by atoms with Crippen molar-refractivity contribution in [3.8, 4) is 21.9 Å². The highest BCUT2D eigenvalue weighted by Gasteiger charge is 2.22. The van der Waals surface area contributed by atoms with Gasteiger partial charge in [0.1, 0.15) is 18.1 Å². The largest absolute Gasteiger partial charge is 0.497 e. The molecule has 1 aliphatic heterocycles. The number of ether oxygens (including phenoxy) is 2. The number of carbonyl (C=O) groups excluding carboxylic acids is 1. The maximum atomic E-state index is 13.9. The number of thiophene rings is 1. The lowest BCUT2D eigenvalue weighted by atomic mass is 9.96. The third-order valence-electron chi connectivity index (χ3n) is 7.40. The van der Waals surface area contributed by atoms with Crippen LogP contribution in [-0.4, -0.2) is 44.0 Å². The number of ketones is 1. The molecular weight excluding hydrogens is 490 g/mol. The van der Waals surface area contributed by atoms with Gasteiger partial charge in [0, 0.05) is 32.6 Å². The molecule has 0 radical (unpaired) electrons. The van der Waals surface area contributed by atoms with Crippen LogP contribution in [0.25, 0.3) is 20.5 Å². The number of fused-ring (bicyclic) bond motifs is 1. The van der Waals surface area contributed by atoms with E-state index in [-0.39, 0.29) is 5.78 Å². The van der Waals surface area contributed by atoms with E-state index in [9.17, 15) is 4.79 Å². The summed E-state index contributed by atoms with van der Waals surface area (Å²) in [5, 5.41) is 0.965. The number of likely N-dealkylation sites (tertiary alicyclic amines) is 1. The summed E-state index contributed by atoms with van der Waals surface area (Å²) < 4.78 is 12.5. The van der Waals surface area contributed by atoms with Crippen LogP contribution in [0.5, 0.6) is 11.5 Å². The first-order valence-electron chi connectivity index (χ1n) is 13.9. The molecule has 1 saturated heterocycles. The third-order valence-corrected chi connectivity index (χ3v) is 8.60. The lowest BCUT2D eigenvalue weighted by molar-refractivity contribution is 0.104. The Morgan fingerprint density at radius 1 is 0.921 bits per heavy atom. The lowest BCUT2D eigenvalue weighted by Gasteiger charge is -2.26. The van der Waals surface area contributed by atoms with Gasteiger partial charge in [-0.2, -0.15) is 0 Å². The molecule has 4 nitrogen and oxygen atoms in total. The van der Waals surface area contributed by atoms with Gasteiger partial charge in [-0.3, -0.25) is 9.69 Å². The second-order valence-electron chi connectivity index (χ2n) is 10.1. The number of benzene rings is 3. The molecule has 0 aliphatic carbocycles. The minimum absolute atomic E-state index is 0.0337. The minimum Gasteiger partial charge on any atom is -0.497 e. The summed E-state index contributed by atoms with van der Waals surface area (Å²) in [5.74, 6) is 1.64. The van der Waals surface area contributed by atoms with Gasteiger partial charge in [-0.05, 0) is 92.4 Å². The highest BCUT2D eigenvalue weighted by Crippen LogP contribution is 2.41. The van der Waals surface area contributed by atoms with Crippen molar-refractivity contribution in [1.82, 2.24) is 4.90 Å². The van der Waals surface area contributed by atoms with Gasteiger partial charge in [0.05, 0.1) is 7.11 Å². The number of rotatable bonds is 11. The molecule has 38 heavy (non-hydrogen) atoms. The first-order valence-corrected chi connectivity index (χ1v) is 14.7. The van der Waals surface area contributed by atoms with Crippen LogP contribution in [0.4, 0.5) is 0 Å². The number of piperidine rings is 1. The molecule has 0 N–H and O–H groups in total. The molecule has 198 valence electrons. The monoisotopic (exact) mass is 527 g/mol. The summed E-state index contributed by atoms with van der Waals surface area (Å²) in [7, 11) is 1.67. The Kier molecular flexibility index (Phi) is 8.77. The molecule has 1 aliphatic rings. The molecule has 0 bridgehead atoms. The summed E-state index contributed by atoms with van der Waals surface area (Å²) >= 11 is 1.65. The van der Waals surface area contributed by atoms with Crippen LogP contribution in [0.3, 0.4) is 0 Å².